The molecule has 0 bridgehead atoms. The number of hydrogen-bond donors (Lipinski definition) is 2. The first kappa shape index (κ1) is 18.1. The average Bonchev–Trinajstić information content (AvgIpc) is 3.46. The Hall–Kier alpha value is -2.93. The zero-order chi connectivity index (χ0) is 20.2. The fraction of sp³-hybridized carbons (Fsp3) is 0.273. The zero-order valence-corrected chi connectivity index (χ0v) is 17.2. The lowest BCUT2D eigenvalue weighted by molar-refractivity contribution is 0.597. The Labute approximate surface area is 169 Å². The summed E-state index contributed by atoms with van der Waals surface area (Å²) in [5, 5.41) is 5.52. The van der Waals surface area contributed by atoms with E-state index in [-0.39, 0.29) is 5.75 Å². The molecular formula is C22H22N4O2S. The molecule has 148 valence electrons. The molecule has 0 spiro atoms. The van der Waals surface area contributed by atoms with Crippen LogP contribution in [-0.4, -0.2) is 35.2 Å². The number of rotatable bonds is 5. The lowest BCUT2D eigenvalue weighted by Gasteiger charge is -2.10. The Kier molecular flexibility index (Phi) is 4.10. The van der Waals surface area contributed by atoms with Gasteiger partial charge in [-0.25, -0.2) is 18.4 Å². The number of nitrogens with zero attached hydrogens (tertiary/aromatic N) is 2. The third-order valence-electron chi connectivity index (χ3n) is 5.42. The normalized spacial score (nSPS) is 14.6. The number of hydrogen-bond acceptors (Lipinski definition) is 5. The number of pyridine rings is 2. The van der Waals surface area contributed by atoms with E-state index in [2.05, 4.69) is 26.3 Å². The molecule has 0 saturated heterocycles. The summed E-state index contributed by atoms with van der Waals surface area (Å²) in [6.07, 6.45) is 5.98. The molecule has 1 aliphatic rings. The van der Waals surface area contributed by atoms with Gasteiger partial charge in [0.15, 0.2) is 15.7 Å². The van der Waals surface area contributed by atoms with Crippen LogP contribution in [0.4, 0.5) is 5.82 Å². The monoisotopic (exact) mass is 406 g/mol. The van der Waals surface area contributed by atoms with Crippen molar-refractivity contribution in [1.29, 1.82) is 0 Å². The number of sulfone groups is 1. The summed E-state index contributed by atoms with van der Waals surface area (Å²) < 4.78 is 24.8. The van der Waals surface area contributed by atoms with Gasteiger partial charge in [-0.05, 0) is 49.1 Å². The molecular weight excluding hydrogens is 384 g/mol. The quantitative estimate of drug-likeness (QED) is 0.511. The van der Waals surface area contributed by atoms with Gasteiger partial charge in [-0.2, -0.15) is 0 Å². The van der Waals surface area contributed by atoms with Crippen molar-refractivity contribution in [2.75, 3.05) is 11.1 Å². The van der Waals surface area contributed by atoms with Crippen LogP contribution in [0.2, 0.25) is 0 Å². The van der Waals surface area contributed by atoms with E-state index in [1.54, 1.807) is 25.1 Å². The van der Waals surface area contributed by atoms with Crippen LogP contribution in [0.5, 0.6) is 0 Å². The standard InChI is InChI=1S/C22H22N4O2S/c1-3-29(27,28)16-6-4-5-14(10-16)18-12-24-22(25-15-7-8-15)20-19(18)17-9-13(2)11-23-21(17)26-20/h4-6,9-12,15H,3,7-8H2,1-2H3,(H,23,26)(H,24,25). The van der Waals surface area contributed by atoms with Crippen LogP contribution in [-0.2, 0) is 9.84 Å². The van der Waals surface area contributed by atoms with Crippen LogP contribution >= 0.6 is 0 Å². The van der Waals surface area contributed by atoms with E-state index in [0.29, 0.717) is 10.9 Å². The second-order valence-electron chi connectivity index (χ2n) is 7.65. The van der Waals surface area contributed by atoms with Crippen molar-refractivity contribution in [2.45, 2.75) is 37.6 Å². The molecule has 29 heavy (non-hydrogen) atoms. The Bertz CT molecular complexity index is 1350. The summed E-state index contributed by atoms with van der Waals surface area (Å²) in [5.41, 5.74) is 4.51. The predicted octanol–water partition coefficient (Wildman–Crippen LogP) is 4.45. The number of aromatic amines is 1. The molecule has 3 aromatic heterocycles. The highest BCUT2D eigenvalue weighted by Crippen LogP contribution is 2.38. The molecule has 0 unspecified atom stereocenters. The molecule has 7 heteroatoms. The van der Waals surface area contributed by atoms with E-state index in [1.165, 1.54) is 0 Å². The first-order valence-electron chi connectivity index (χ1n) is 9.83. The minimum atomic E-state index is -3.29. The highest BCUT2D eigenvalue weighted by molar-refractivity contribution is 7.91. The second kappa shape index (κ2) is 6.56. The first-order chi connectivity index (χ1) is 14.0. The maximum Gasteiger partial charge on any atom is 0.178 e. The molecule has 4 aromatic rings. The van der Waals surface area contributed by atoms with Crippen molar-refractivity contribution in [3.05, 3.63) is 48.3 Å². The van der Waals surface area contributed by atoms with Crippen LogP contribution in [0, 0.1) is 6.92 Å². The summed E-state index contributed by atoms with van der Waals surface area (Å²) in [5.74, 6) is 0.893. The zero-order valence-electron chi connectivity index (χ0n) is 16.4. The van der Waals surface area contributed by atoms with Gasteiger partial charge in [0, 0.05) is 34.8 Å². The number of fused-ring (bicyclic) bond motifs is 3. The number of aryl methyl sites for hydroxylation is 1. The minimum Gasteiger partial charge on any atom is -0.366 e. The van der Waals surface area contributed by atoms with Crippen LogP contribution in [0.15, 0.2) is 47.6 Å². The molecule has 2 N–H and O–H groups in total. The van der Waals surface area contributed by atoms with Gasteiger partial charge in [0.1, 0.15) is 5.65 Å². The maximum atomic E-state index is 12.4. The van der Waals surface area contributed by atoms with Crippen LogP contribution in [0.25, 0.3) is 33.1 Å². The highest BCUT2D eigenvalue weighted by atomic mass is 32.2. The van der Waals surface area contributed by atoms with Gasteiger partial charge in [0.25, 0.3) is 0 Å². The van der Waals surface area contributed by atoms with E-state index >= 15 is 0 Å². The predicted molar refractivity (Wildman–Crippen MR) is 116 cm³/mol. The van der Waals surface area contributed by atoms with Gasteiger partial charge < -0.3 is 10.3 Å². The summed E-state index contributed by atoms with van der Waals surface area (Å²) in [7, 11) is -3.29. The van der Waals surface area contributed by atoms with E-state index in [1.807, 2.05) is 25.4 Å². The minimum absolute atomic E-state index is 0.0740. The second-order valence-corrected chi connectivity index (χ2v) is 9.93. The molecule has 1 aromatic carbocycles. The Morgan fingerprint density at radius 1 is 1.17 bits per heavy atom. The number of aromatic nitrogens is 3. The SMILES string of the molecule is CCS(=O)(=O)c1cccc(-c2cnc(NC3CC3)c3[nH]c4ncc(C)cc4c23)c1. The van der Waals surface area contributed by atoms with Crippen LogP contribution < -0.4 is 5.32 Å². The van der Waals surface area contributed by atoms with Gasteiger partial charge in [0.05, 0.1) is 16.2 Å². The average molecular weight is 407 g/mol. The molecule has 0 aliphatic heterocycles. The number of nitrogens with one attached hydrogen (secondary N) is 2. The van der Waals surface area contributed by atoms with Gasteiger partial charge in [-0.1, -0.05) is 19.1 Å². The van der Waals surface area contributed by atoms with Crippen molar-refractivity contribution in [3.8, 4) is 11.1 Å². The topological polar surface area (TPSA) is 87.7 Å². The molecule has 1 fully saturated rings. The number of anilines is 1. The molecule has 3 heterocycles. The lowest BCUT2D eigenvalue weighted by Crippen LogP contribution is -2.04. The molecule has 0 radical (unpaired) electrons. The first-order valence-corrected chi connectivity index (χ1v) is 11.5. The highest BCUT2D eigenvalue weighted by Gasteiger charge is 2.24. The summed E-state index contributed by atoms with van der Waals surface area (Å²) in [6.45, 7) is 3.68. The molecule has 0 atom stereocenters. The van der Waals surface area contributed by atoms with Gasteiger partial charge in [-0.3, -0.25) is 0 Å². The molecule has 6 nitrogen and oxygen atoms in total. The van der Waals surface area contributed by atoms with Crippen LogP contribution in [0.1, 0.15) is 25.3 Å². The van der Waals surface area contributed by atoms with Crippen LogP contribution in [0.3, 0.4) is 0 Å². The molecule has 0 amide bonds. The van der Waals surface area contributed by atoms with Crippen molar-refractivity contribution in [2.24, 2.45) is 0 Å². The summed E-state index contributed by atoms with van der Waals surface area (Å²) in [4.78, 5) is 13.0. The largest absolute Gasteiger partial charge is 0.366 e. The van der Waals surface area contributed by atoms with E-state index in [0.717, 1.165) is 57.3 Å². The molecule has 1 aliphatic carbocycles. The van der Waals surface area contributed by atoms with Crippen molar-refractivity contribution in [1.82, 2.24) is 15.0 Å². The van der Waals surface area contributed by atoms with Crippen molar-refractivity contribution >= 4 is 37.6 Å². The third kappa shape index (κ3) is 3.15. The smallest absolute Gasteiger partial charge is 0.178 e. The Morgan fingerprint density at radius 2 is 2.00 bits per heavy atom. The van der Waals surface area contributed by atoms with E-state index < -0.39 is 9.84 Å². The van der Waals surface area contributed by atoms with Gasteiger partial charge in [0.2, 0.25) is 0 Å². The summed E-state index contributed by atoms with van der Waals surface area (Å²) in [6, 6.07) is 9.69. The molecule has 1 saturated carbocycles. The number of H-pyrrole nitrogens is 1. The fourth-order valence-electron chi connectivity index (χ4n) is 3.66. The Morgan fingerprint density at radius 3 is 2.76 bits per heavy atom. The van der Waals surface area contributed by atoms with Gasteiger partial charge >= 0.3 is 0 Å². The van der Waals surface area contributed by atoms with E-state index in [9.17, 15) is 8.42 Å². The van der Waals surface area contributed by atoms with E-state index in [4.69, 9.17) is 0 Å². The third-order valence-corrected chi connectivity index (χ3v) is 7.15. The maximum absolute atomic E-state index is 12.4. The van der Waals surface area contributed by atoms with Gasteiger partial charge in [-0.15, -0.1) is 0 Å². The number of benzene rings is 1. The molecule has 5 rings (SSSR count). The fourth-order valence-corrected chi connectivity index (χ4v) is 4.59. The summed E-state index contributed by atoms with van der Waals surface area (Å²) >= 11 is 0. The van der Waals surface area contributed by atoms with Crippen molar-refractivity contribution in [3.63, 3.8) is 0 Å². The Balaban J connectivity index is 1.79. The lowest BCUT2D eigenvalue weighted by atomic mass is 10.0. The van der Waals surface area contributed by atoms with Crippen molar-refractivity contribution < 1.29 is 8.42 Å².